The first-order valence-electron chi connectivity index (χ1n) is 7.33. The molecule has 1 N–H and O–H groups in total. The number of aromatic nitrogens is 1. The number of nitrogens with zero attached hydrogens (tertiary/aromatic N) is 1. The first-order valence-corrected chi connectivity index (χ1v) is 8.15. The summed E-state index contributed by atoms with van der Waals surface area (Å²) in [6, 6.07) is 8.00. The van der Waals surface area contributed by atoms with Crippen LogP contribution in [0.25, 0.3) is 12.2 Å². The van der Waals surface area contributed by atoms with Gasteiger partial charge in [0.1, 0.15) is 4.66 Å². The number of methoxy groups -OCH3 is 1. The molecular weight excluding hydrogens is 342 g/mol. The average Bonchev–Trinajstić information content (AvgIpc) is 3.22. The van der Waals surface area contributed by atoms with Crippen LogP contribution in [0.1, 0.15) is 16.1 Å². The maximum absolute atomic E-state index is 12.4. The second-order valence-corrected chi connectivity index (χ2v) is 6.29. The van der Waals surface area contributed by atoms with Crippen molar-refractivity contribution >= 4 is 29.3 Å². The molecule has 3 aromatic rings. The van der Waals surface area contributed by atoms with Crippen LogP contribution in [-0.4, -0.2) is 22.6 Å². The number of carbonyl (C=O) groups is 1. The van der Waals surface area contributed by atoms with Gasteiger partial charge in [0, 0.05) is 13.1 Å². The molecule has 128 valence electrons. The zero-order valence-electron chi connectivity index (χ0n) is 13.6. The monoisotopic (exact) mass is 357 g/mol. The second-order valence-electron chi connectivity index (χ2n) is 5.23. The SMILES string of the molecule is COc1cc(C=c2sc(=CC(=O)c3ccco3)n(C)c2=O)ccc1O. The fourth-order valence-corrected chi connectivity index (χ4v) is 3.28. The molecule has 0 unspecified atom stereocenters. The number of ether oxygens (including phenoxy) is 1. The molecule has 0 amide bonds. The summed E-state index contributed by atoms with van der Waals surface area (Å²) >= 11 is 1.20. The van der Waals surface area contributed by atoms with Crippen LogP contribution in [-0.2, 0) is 7.05 Å². The molecule has 0 saturated carbocycles. The van der Waals surface area contributed by atoms with Gasteiger partial charge >= 0.3 is 0 Å². The Morgan fingerprint density at radius 1 is 1.36 bits per heavy atom. The number of hydrogen-bond acceptors (Lipinski definition) is 6. The van der Waals surface area contributed by atoms with E-state index in [0.29, 0.717) is 20.5 Å². The van der Waals surface area contributed by atoms with E-state index in [9.17, 15) is 14.7 Å². The highest BCUT2D eigenvalue weighted by atomic mass is 32.1. The smallest absolute Gasteiger partial charge is 0.268 e. The van der Waals surface area contributed by atoms with Crippen LogP contribution >= 0.6 is 11.3 Å². The number of hydrogen-bond donors (Lipinski definition) is 1. The minimum Gasteiger partial charge on any atom is -0.504 e. The Kier molecular flexibility index (Phi) is 4.58. The van der Waals surface area contributed by atoms with Crippen LogP contribution < -0.4 is 19.5 Å². The minimum atomic E-state index is -0.306. The van der Waals surface area contributed by atoms with E-state index >= 15 is 0 Å². The topological polar surface area (TPSA) is 81.7 Å². The van der Waals surface area contributed by atoms with Gasteiger partial charge in [0.15, 0.2) is 17.3 Å². The second kappa shape index (κ2) is 6.82. The molecular formula is C18H15NO5S. The van der Waals surface area contributed by atoms with E-state index in [2.05, 4.69) is 0 Å². The zero-order valence-corrected chi connectivity index (χ0v) is 14.4. The van der Waals surface area contributed by atoms with Gasteiger partial charge in [-0.25, -0.2) is 0 Å². The normalized spacial score (nSPS) is 12.6. The average molecular weight is 357 g/mol. The number of phenols is 1. The van der Waals surface area contributed by atoms with E-state index in [1.54, 1.807) is 37.4 Å². The molecule has 0 bridgehead atoms. The molecule has 6 nitrogen and oxygen atoms in total. The number of thiazole rings is 1. The van der Waals surface area contributed by atoms with Gasteiger partial charge in [-0.2, -0.15) is 0 Å². The van der Waals surface area contributed by atoms with Gasteiger partial charge in [-0.05, 0) is 35.9 Å². The van der Waals surface area contributed by atoms with Crippen molar-refractivity contribution in [1.29, 1.82) is 0 Å². The minimum absolute atomic E-state index is 0.0248. The lowest BCUT2D eigenvalue weighted by Crippen LogP contribution is -2.29. The van der Waals surface area contributed by atoms with Gasteiger partial charge in [0.05, 0.1) is 17.9 Å². The lowest BCUT2D eigenvalue weighted by atomic mass is 10.2. The van der Waals surface area contributed by atoms with Crippen LogP contribution in [0.3, 0.4) is 0 Å². The number of Topliss-reactive ketones (excluding diaryl/α,β-unsaturated/α-hetero) is 1. The van der Waals surface area contributed by atoms with E-state index in [1.807, 2.05) is 0 Å². The van der Waals surface area contributed by atoms with E-state index in [1.165, 1.54) is 41.4 Å². The van der Waals surface area contributed by atoms with Crippen molar-refractivity contribution in [3.05, 3.63) is 67.5 Å². The molecule has 0 atom stereocenters. The van der Waals surface area contributed by atoms with Gasteiger partial charge in [-0.15, -0.1) is 11.3 Å². The number of phenolic OH excluding ortho intramolecular Hbond substituents is 1. The molecule has 0 saturated heterocycles. The maximum atomic E-state index is 12.4. The maximum Gasteiger partial charge on any atom is 0.268 e. The number of aromatic hydroxyl groups is 1. The van der Waals surface area contributed by atoms with Crippen LogP contribution in [0.2, 0.25) is 0 Å². The third kappa shape index (κ3) is 3.41. The Balaban J connectivity index is 2.08. The highest BCUT2D eigenvalue weighted by Gasteiger charge is 2.08. The predicted molar refractivity (Wildman–Crippen MR) is 94.5 cm³/mol. The standard InChI is InChI=1S/C18H15NO5S/c1-19-17(10-13(21)14-4-3-7-24-14)25-16(18(19)22)9-11-5-6-12(20)15(8-11)23-2/h3-10,20H,1-2H3. The molecule has 0 aliphatic heterocycles. The van der Waals surface area contributed by atoms with Gasteiger partial charge in [-0.3, -0.25) is 9.59 Å². The van der Waals surface area contributed by atoms with E-state index in [4.69, 9.17) is 9.15 Å². The van der Waals surface area contributed by atoms with Crippen LogP contribution in [0.5, 0.6) is 11.5 Å². The zero-order chi connectivity index (χ0) is 18.0. The van der Waals surface area contributed by atoms with Crippen LogP contribution in [0.15, 0.2) is 45.8 Å². The molecule has 25 heavy (non-hydrogen) atoms. The Labute approximate surface area is 146 Å². The van der Waals surface area contributed by atoms with Crippen molar-refractivity contribution in [2.45, 2.75) is 0 Å². The summed E-state index contributed by atoms with van der Waals surface area (Å²) in [6.07, 6.45) is 4.48. The molecule has 1 aromatic carbocycles. The number of carbonyl (C=O) groups excluding carboxylic acids is 1. The summed E-state index contributed by atoms with van der Waals surface area (Å²) in [4.78, 5) is 24.5. The number of furan rings is 1. The van der Waals surface area contributed by atoms with Crippen molar-refractivity contribution in [2.24, 2.45) is 7.05 Å². The van der Waals surface area contributed by atoms with E-state index in [-0.39, 0.29) is 22.9 Å². The van der Waals surface area contributed by atoms with Crippen molar-refractivity contribution in [2.75, 3.05) is 7.11 Å². The fourth-order valence-electron chi connectivity index (χ4n) is 2.25. The highest BCUT2D eigenvalue weighted by Crippen LogP contribution is 2.26. The molecule has 0 spiro atoms. The molecule has 7 heteroatoms. The summed E-state index contributed by atoms with van der Waals surface area (Å²) in [6.45, 7) is 0. The Hall–Kier alpha value is -3.06. The molecule has 0 aliphatic carbocycles. The summed E-state index contributed by atoms with van der Waals surface area (Å²) in [5.74, 6) is 0.257. The number of ketones is 1. The Morgan fingerprint density at radius 3 is 2.84 bits per heavy atom. The fraction of sp³-hybridized carbons (Fsp3) is 0.111. The summed E-state index contributed by atoms with van der Waals surface area (Å²) < 4.78 is 12.5. The van der Waals surface area contributed by atoms with Crippen molar-refractivity contribution in [3.8, 4) is 11.5 Å². The van der Waals surface area contributed by atoms with Gasteiger partial charge in [-0.1, -0.05) is 6.07 Å². The molecule has 2 heterocycles. The molecule has 0 aliphatic rings. The summed E-state index contributed by atoms with van der Waals surface area (Å²) in [5.41, 5.74) is 0.494. The lowest BCUT2D eigenvalue weighted by molar-refractivity contribution is 0.103. The molecule has 0 radical (unpaired) electrons. The highest BCUT2D eigenvalue weighted by molar-refractivity contribution is 7.07. The Morgan fingerprint density at radius 2 is 2.16 bits per heavy atom. The molecule has 0 fully saturated rings. The van der Waals surface area contributed by atoms with Gasteiger partial charge in [0.25, 0.3) is 5.56 Å². The van der Waals surface area contributed by atoms with Crippen LogP contribution in [0, 0.1) is 0 Å². The Bertz CT molecular complexity index is 1090. The molecule has 2 aromatic heterocycles. The van der Waals surface area contributed by atoms with Crippen molar-refractivity contribution < 1.29 is 19.1 Å². The lowest BCUT2D eigenvalue weighted by Gasteiger charge is -2.03. The first-order chi connectivity index (χ1) is 12.0. The van der Waals surface area contributed by atoms with E-state index in [0.717, 1.165) is 0 Å². The van der Waals surface area contributed by atoms with Crippen molar-refractivity contribution in [3.63, 3.8) is 0 Å². The molecule has 3 rings (SSSR count). The van der Waals surface area contributed by atoms with Crippen LogP contribution in [0.4, 0.5) is 0 Å². The largest absolute Gasteiger partial charge is 0.504 e. The predicted octanol–water partition coefficient (Wildman–Crippen LogP) is 1.25. The summed E-state index contributed by atoms with van der Waals surface area (Å²) in [5, 5.41) is 9.64. The number of benzene rings is 1. The quantitative estimate of drug-likeness (QED) is 0.711. The summed E-state index contributed by atoms with van der Waals surface area (Å²) in [7, 11) is 3.06. The third-order valence-electron chi connectivity index (χ3n) is 3.58. The van der Waals surface area contributed by atoms with E-state index < -0.39 is 0 Å². The van der Waals surface area contributed by atoms with Gasteiger partial charge < -0.3 is 18.8 Å². The number of rotatable bonds is 4. The first kappa shape index (κ1) is 16.8. The van der Waals surface area contributed by atoms with Gasteiger partial charge in [0.2, 0.25) is 5.78 Å². The van der Waals surface area contributed by atoms with Crippen molar-refractivity contribution in [1.82, 2.24) is 4.57 Å². The third-order valence-corrected chi connectivity index (χ3v) is 4.69.